The van der Waals surface area contributed by atoms with E-state index in [0.717, 1.165) is 81.7 Å². The Bertz CT molecular complexity index is 1150. The highest BCUT2D eigenvalue weighted by molar-refractivity contribution is 5.79. The number of piperidine rings is 1. The first kappa shape index (κ1) is 24.6. The Labute approximate surface area is 213 Å². The lowest BCUT2D eigenvalue weighted by atomic mass is 9.95. The van der Waals surface area contributed by atoms with Crippen LogP contribution in [0.5, 0.6) is 0 Å². The third kappa shape index (κ3) is 5.06. The van der Waals surface area contributed by atoms with Crippen LogP contribution in [-0.4, -0.2) is 77.6 Å². The number of aryl methyl sites for hydroxylation is 3. The molecule has 0 unspecified atom stereocenters. The number of benzene rings is 1. The van der Waals surface area contributed by atoms with Crippen LogP contribution in [0.1, 0.15) is 29.9 Å². The smallest absolute Gasteiger partial charge is 0.223 e. The van der Waals surface area contributed by atoms with E-state index in [2.05, 4.69) is 81.5 Å². The fourth-order valence-electron chi connectivity index (χ4n) is 5.48. The van der Waals surface area contributed by atoms with E-state index in [-0.39, 0.29) is 11.8 Å². The molecule has 5 rings (SSSR count). The van der Waals surface area contributed by atoms with E-state index in [1.165, 1.54) is 11.4 Å². The van der Waals surface area contributed by atoms with Gasteiger partial charge in [0.25, 0.3) is 0 Å². The molecule has 0 aliphatic carbocycles. The fraction of sp³-hybridized carbons (Fsp3) is 0.500. The summed E-state index contributed by atoms with van der Waals surface area (Å²) in [4.78, 5) is 17.7. The summed E-state index contributed by atoms with van der Waals surface area (Å²) in [5, 5.41) is 8.18. The third-order valence-electron chi connectivity index (χ3n) is 7.50. The summed E-state index contributed by atoms with van der Waals surface area (Å²) in [7, 11) is 0. The highest BCUT2D eigenvalue weighted by Gasteiger charge is 2.30. The number of amides is 1. The third-order valence-corrected chi connectivity index (χ3v) is 7.50. The first-order valence-electron chi connectivity index (χ1n) is 13.2. The van der Waals surface area contributed by atoms with E-state index < -0.39 is 0 Å². The minimum absolute atomic E-state index is 0.0543. The van der Waals surface area contributed by atoms with E-state index in [1.54, 1.807) is 0 Å². The minimum atomic E-state index is 0.0543. The lowest BCUT2D eigenvalue weighted by molar-refractivity contribution is -0.125. The summed E-state index contributed by atoms with van der Waals surface area (Å²) in [6, 6.07) is 14.7. The lowest BCUT2D eigenvalue weighted by Crippen LogP contribution is -2.44. The van der Waals surface area contributed by atoms with Crippen molar-refractivity contribution >= 4 is 11.7 Å². The molecule has 0 saturated carbocycles. The predicted octanol–water partition coefficient (Wildman–Crippen LogP) is 3.25. The van der Waals surface area contributed by atoms with Crippen LogP contribution in [0.15, 0.2) is 42.5 Å². The Balaban J connectivity index is 1.32. The van der Waals surface area contributed by atoms with E-state index in [4.69, 9.17) is 9.84 Å². The monoisotopic (exact) mass is 490 g/mol. The molecule has 1 amide bonds. The van der Waals surface area contributed by atoms with Crippen LogP contribution in [0, 0.1) is 26.7 Å². The maximum Gasteiger partial charge on any atom is 0.223 e. The number of morpholine rings is 1. The normalized spacial score (nSPS) is 17.5. The Kier molecular flexibility index (Phi) is 7.43. The molecule has 8 heteroatoms. The van der Waals surface area contributed by atoms with Crippen molar-refractivity contribution in [1.29, 1.82) is 0 Å². The van der Waals surface area contributed by atoms with E-state index >= 15 is 0 Å². The van der Waals surface area contributed by atoms with Crippen molar-refractivity contribution in [1.82, 2.24) is 24.6 Å². The van der Waals surface area contributed by atoms with Gasteiger partial charge in [-0.1, -0.05) is 18.2 Å². The van der Waals surface area contributed by atoms with Gasteiger partial charge < -0.3 is 19.5 Å². The van der Waals surface area contributed by atoms with Gasteiger partial charge in [0.2, 0.25) is 5.91 Å². The van der Waals surface area contributed by atoms with E-state index in [9.17, 15) is 4.79 Å². The average molecular weight is 491 g/mol. The Morgan fingerprint density at radius 3 is 2.31 bits per heavy atom. The van der Waals surface area contributed by atoms with Gasteiger partial charge in [-0.25, -0.2) is 4.68 Å². The van der Waals surface area contributed by atoms with Crippen LogP contribution in [-0.2, 0) is 9.53 Å². The zero-order valence-electron chi connectivity index (χ0n) is 21.7. The summed E-state index contributed by atoms with van der Waals surface area (Å²) in [6.45, 7) is 13.1. The summed E-state index contributed by atoms with van der Waals surface area (Å²) in [6.07, 6.45) is 1.68. The van der Waals surface area contributed by atoms with Gasteiger partial charge in [-0.05, 0) is 57.9 Å². The molecule has 2 aliphatic heterocycles. The van der Waals surface area contributed by atoms with Crippen LogP contribution < -0.4 is 10.2 Å². The van der Waals surface area contributed by atoms with Crippen molar-refractivity contribution in [3.8, 4) is 11.4 Å². The minimum Gasteiger partial charge on any atom is -0.379 e. The van der Waals surface area contributed by atoms with Crippen molar-refractivity contribution in [3.05, 3.63) is 59.5 Å². The number of carbonyl (C=O) groups is 1. The molecule has 2 aromatic heterocycles. The molecule has 1 aromatic carbocycles. The van der Waals surface area contributed by atoms with Crippen molar-refractivity contribution in [3.63, 3.8) is 0 Å². The molecule has 0 bridgehead atoms. The lowest BCUT2D eigenvalue weighted by Gasteiger charge is -2.34. The molecule has 192 valence electrons. The molecule has 0 spiro atoms. The van der Waals surface area contributed by atoms with Gasteiger partial charge in [0.05, 0.1) is 24.6 Å². The molecule has 36 heavy (non-hydrogen) atoms. The van der Waals surface area contributed by atoms with Crippen molar-refractivity contribution in [2.75, 3.05) is 57.4 Å². The van der Waals surface area contributed by atoms with Gasteiger partial charge in [0, 0.05) is 56.6 Å². The van der Waals surface area contributed by atoms with Crippen molar-refractivity contribution < 1.29 is 9.53 Å². The van der Waals surface area contributed by atoms with Gasteiger partial charge in [0.15, 0.2) is 5.82 Å². The second-order valence-corrected chi connectivity index (χ2v) is 9.96. The van der Waals surface area contributed by atoms with E-state index in [0.29, 0.717) is 6.54 Å². The number of aromatic nitrogens is 3. The van der Waals surface area contributed by atoms with Gasteiger partial charge in [-0.3, -0.25) is 9.69 Å². The topological polar surface area (TPSA) is 67.6 Å². The number of para-hydroxylation sites is 1. The van der Waals surface area contributed by atoms with Crippen LogP contribution in [0.3, 0.4) is 0 Å². The second kappa shape index (κ2) is 10.9. The largest absolute Gasteiger partial charge is 0.379 e. The molecule has 8 nitrogen and oxygen atoms in total. The number of rotatable bonds is 7. The number of nitrogens with one attached hydrogen (secondary N) is 1. The summed E-state index contributed by atoms with van der Waals surface area (Å²) >= 11 is 0. The average Bonchev–Trinajstić information content (AvgIpc) is 3.42. The fourth-order valence-corrected chi connectivity index (χ4v) is 5.48. The number of hydrogen-bond acceptors (Lipinski definition) is 5. The summed E-state index contributed by atoms with van der Waals surface area (Å²) < 4.78 is 9.79. The Hall–Kier alpha value is -3.10. The molecular weight excluding hydrogens is 452 g/mol. The molecule has 1 N–H and O–H groups in total. The standard InChI is InChI=1S/C28H38N6O2/c1-21-9-10-22(2)33(21)26-23(3)30-34(25-7-5-4-6-8-25)28(26)32-14-11-24(12-15-32)27(35)29-13-16-31-17-19-36-20-18-31/h4-10,24H,11-20H2,1-3H3,(H,29,35). The number of carbonyl (C=O) groups excluding carboxylic acids is 1. The number of hydrogen-bond donors (Lipinski definition) is 1. The molecule has 3 aromatic rings. The van der Waals surface area contributed by atoms with Crippen LogP contribution in [0.25, 0.3) is 11.4 Å². The van der Waals surface area contributed by atoms with Gasteiger partial charge in [-0.2, -0.15) is 5.10 Å². The van der Waals surface area contributed by atoms with Crippen LogP contribution in [0.2, 0.25) is 0 Å². The first-order chi connectivity index (χ1) is 17.5. The van der Waals surface area contributed by atoms with Crippen LogP contribution in [0.4, 0.5) is 5.82 Å². The molecule has 4 heterocycles. The van der Waals surface area contributed by atoms with Crippen LogP contribution >= 0.6 is 0 Å². The first-order valence-corrected chi connectivity index (χ1v) is 13.2. The van der Waals surface area contributed by atoms with Crippen molar-refractivity contribution in [2.45, 2.75) is 33.6 Å². The highest BCUT2D eigenvalue weighted by Crippen LogP contribution is 2.35. The number of ether oxygens (including phenoxy) is 1. The molecule has 2 saturated heterocycles. The quantitative estimate of drug-likeness (QED) is 0.551. The zero-order valence-corrected chi connectivity index (χ0v) is 21.7. The maximum absolute atomic E-state index is 12.9. The number of nitrogens with zero attached hydrogens (tertiary/aromatic N) is 5. The number of anilines is 1. The Morgan fingerprint density at radius 1 is 0.972 bits per heavy atom. The SMILES string of the molecule is Cc1nn(-c2ccccc2)c(N2CCC(C(=O)NCCN3CCOCC3)CC2)c1-n1c(C)ccc1C. The van der Waals surface area contributed by atoms with Crippen molar-refractivity contribution in [2.24, 2.45) is 5.92 Å². The second-order valence-electron chi connectivity index (χ2n) is 9.96. The zero-order chi connectivity index (χ0) is 25.1. The Morgan fingerprint density at radius 2 is 1.64 bits per heavy atom. The molecule has 0 atom stereocenters. The van der Waals surface area contributed by atoms with Gasteiger partial charge in [0.1, 0.15) is 5.69 Å². The summed E-state index contributed by atoms with van der Waals surface area (Å²) in [5.74, 6) is 1.35. The molecule has 0 radical (unpaired) electrons. The van der Waals surface area contributed by atoms with Gasteiger partial charge >= 0.3 is 0 Å². The van der Waals surface area contributed by atoms with E-state index in [1.807, 2.05) is 6.07 Å². The molecular formula is C28H38N6O2. The highest BCUT2D eigenvalue weighted by atomic mass is 16.5. The predicted molar refractivity (Wildman–Crippen MR) is 142 cm³/mol. The molecule has 2 aliphatic rings. The maximum atomic E-state index is 12.9. The van der Waals surface area contributed by atoms with Gasteiger partial charge in [-0.15, -0.1) is 0 Å². The summed E-state index contributed by atoms with van der Waals surface area (Å²) in [5.41, 5.74) is 5.57. The molecule has 2 fully saturated rings.